The zero-order valence-corrected chi connectivity index (χ0v) is 12.8. The summed E-state index contributed by atoms with van der Waals surface area (Å²) in [4.78, 5) is 0. The summed E-state index contributed by atoms with van der Waals surface area (Å²) in [5.41, 5.74) is 0. The Kier molecular flexibility index (Phi) is 16.6. The van der Waals surface area contributed by atoms with Crippen molar-refractivity contribution in [2.75, 3.05) is 72.7 Å². The van der Waals surface area contributed by atoms with Gasteiger partial charge in [0.1, 0.15) is 0 Å². The fourth-order valence-corrected chi connectivity index (χ4v) is 1.26. The Morgan fingerprint density at radius 3 is 1.30 bits per heavy atom. The Hall–Kier alpha value is -0.240. The van der Waals surface area contributed by atoms with E-state index in [4.69, 9.17) is 28.8 Å². The Labute approximate surface area is 122 Å². The van der Waals surface area contributed by atoms with Crippen molar-refractivity contribution in [3.05, 3.63) is 0 Å². The molecule has 0 atom stereocenters. The van der Waals surface area contributed by atoms with Crippen LogP contribution >= 0.6 is 0 Å². The monoisotopic (exact) mass is 294 g/mol. The Morgan fingerprint density at radius 1 is 0.600 bits per heavy atom. The molecule has 0 aliphatic heterocycles. The van der Waals surface area contributed by atoms with Gasteiger partial charge in [0, 0.05) is 6.61 Å². The normalized spacial score (nSPS) is 11.4. The van der Waals surface area contributed by atoms with Crippen LogP contribution in [0.4, 0.5) is 0 Å². The van der Waals surface area contributed by atoms with Gasteiger partial charge in [0.25, 0.3) is 0 Å². The lowest BCUT2D eigenvalue weighted by Gasteiger charge is -2.08. The molecule has 0 aliphatic rings. The van der Waals surface area contributed by atoms with Crippen LogP contribution in [0.2, 0.25) is 0 Å². The predicted octanol–water partition coefficient (Wildman–Crippen LogP) is 0.718. The molecule has 0 rings (SSSR count). The van der Waals surface area contributed by atoms with Gasteiger partial charge in [-0.2, -0.15) is 0 Å². The van der Waals surface area contributed by atoms with Crippen molar-refractivity contribution >= 4 is 0 Å². The predicted molar refractivity (Wildman–Crippen MR) is 76.0 cm³/mol. The van der Waals surface area contributed by atoms with E-state index in [9.17, 15) is 0 Å². The molecule has 0 bridgehead atoms. The lowest BCUT2D eigenvalue weighted by Crippen LogP contribution is -2.14. The molecule has 122 valence electrons. The first-order chi connectivity index (χ1) is 9.77. The van der Waals surface area contributed by atoms with Crippen molar-refractivity contribution < 1.29 is 28.8 Å². The van der Waals surface area contributed by atoms with Crippen molar-refractivity contribution in [1.29, 1.82) is 0 Å². The first kappa shape index (κ1) is 19.8. The summed E-state index contributed by atoms with van der Waals surface area (Å²) in [6.07, 6.45) is 0. The minimum atomic E-state index is 0.0472. The Balaban J connectivity index is 2.92. The molecule has 0 unspecified atom stereocenters. The van der Waals surface area contributed by atoms with Crippen molar-refractivity contribution in [3.8, 4) is 0 Å². The Morgan fingerprint density at radius 2 is 0.950 bits per heavy atom. The molecule has 6 nitrogen and oxygen atoms in total. The third-order valence-corrected chi connectivity index (χ3v) is 2.17. The number of aliphatic hydroxyl groups is 1. The summed E-state index contributed by atoms with van der Waals surface area (Å²) in [6.45, 7) is 9.91. The van der Waals surface area contributed by atoms with E-state index in [1.807, 2.05) is 0 Å². The molecular weight excluding hydrogens is 264 g/mol. The second-order valence-corrected chi connectivity index (χ2v) is 4.64. The third kappa shape index (κ3) is 17.8. The summed E-state index contributed by atoms with van der Waals surface area (Å²) < 4.78 is 26.4. The van der Waals surface area contributed by atoms with Crippen LogP contribution in [-0.2, 0) is 23.7 Å². The van der Waals surface area contributed by atoms with Crippen molar-refractivity contribution in [1.82, 2.24) is 0 Å². The van der Waals surface area contributed by atoms with E-state index in [0.717, 1.165) is 6.61 Å². The summed E-state index contributed by atoms with van der Waals surface area (Å²) >= 11 is 0. The fraction of sp³-hybridized carbons (Fsp3) is 1.00. The molecule has 0 aromatic rings. The number of aliphatic hydroxyl groups excluding tert-OH is 1. The van der Waals surface area contributed by atoms with Crippen LogP contribution in [0.15, 0.2) is 0 Å². The van der Waals surface area contributed by atoms with E-state index < -0.39 is 0 Å². The first-order valence-electron chi connectivity index (χ1n) is 7.27. The van der Waals surface area contributed by atoms with Crippen molar-refractivity contribution in [2.45, 2.75) is 13.8 Å². The molecule has 1 N–H and O–H groups in total. The van der Waals surface area contributed by atoms with E-state index >= 15 is 0 Å². The number of ether oxygens (including phenoxy) is 5. The topological polar surface area (TPSA) is 66.4 Å². The SMILES string of the molecule is CC(C)COCCOCCOCCOCCOCCO. The lowest BCUT2D eigenvalue weighted by atomic mass is 10.2. The van der Waals surface area contributed by atoms with E-state index in [0.29, 0.717) is 65.4 Å². The smallest absolute Gasteiger partial charge is 0.0701 e. The molecule has 0 spiro atoms. The quantitative estimate of drug-likeness (QED) is 0.423. The van der Waals surface area contributed by atoms with Crippen molar-refractivity contribution in [2.24, 2.45) is 5.92 Å². The maximum atomic E-state index is 8.48. The molecule has 0 fully saturated rings. The van der Waals surface area contributed by atoms with Crippen molar-refractivity contribution in [3.63, 3.8) is 0 Å². The van der Waals surface area contributed by atoms with Gasteiger partial charge in [-0.25, -0.2) is 0 Å². The van der Waals surface area contributed by atoms with Crippen LogP contribution in [-0.4, -0.2) is 77.8 Å². The highest BCUT2D eigenvalue weighted by atomic mass is 16.6. The number of hydrogen-bond acceptors (Lipinski definition) is 6. The molecular formula is C14H30O6. The van der Waals surface area contributed by atoms with Crippen LogP contribution in [0.5, 0.6) is 0 Å². The Bertz CT molecular complexity index is 177. The summed E-state index contributed by atoms with van der Waals surface area (Å²) in [5.74, 6) is 0.562. The average Bonchev–Trinajstić information content (AvgIpc) is 2.43. The molecule has 0 saturated heterocycles. The van der Waals surface area contributed by atoms with Gasteiger partial charge in [0.15, 0.2) is 0 Å². The zero-order valence-electron chi connectivity index (χ0n) is 12.8. The molecule has 0 aromatic heterocycles. The molecule has 6 heteroatoms. The van der Waals surface area contributed by atoms with Gasteiger partial charge in [-0.15, -0.1) is 0 Å². The molecule has 0 saturated carbocycles. The standard InChI is InChI=1S/C14H30O6/c1-14(2)13-20-12-11-19-10-9-18-8-7-17-6-5-16-4-3-15/h14-15H,3-13H2,1-2H3. The van der Waals surface area contributed by atoms with Gasteiger partial charge in [-0.05, 0) is 5.92 Å². The zero-order chi connectivity index (χ0) is 14.9. The third-order valence-electron chi connectivity index (χ3n) is 2.17. The minimum Gasteiger partial charge on any atom is -0.394 e. The molecule has 0 aliphatic carbocycles. The number of rotatable bonds is 16. The van der Waals surface area contributed by atoms with Crippen LogP contribution in [0.3, 0.4) is 0 Å². The first-order valence-corrected chi connectivity index (χ1v) is 7.27. The van der Waals surface area contributed by atoms with E-state index in [1.54, 1.807) is 0 Å². The summed E-state index contributed by atoms with van der Waals surface area (Å²) in [6, 6.07) is 0. The molecule has 0 amide bonds. The second-order valence-electron chi connectivity index (χ2n) is 4.64. The lowest BCUT2D eigenvalue weighted by molar-refractivity contribution is -0.0147. The van der Waals surface area contributed by atoms with Gasteiger partial charge in [-0.1, -0.05) is 13.8 Å². The van der Waals surface area contributed by atoms with E-state index in [2.05, 4.69) is 13.8 Å². The van der Waals surface area contributed by atoms with E-state index in [1.165, 1.54) is 0 Å². The van der Waals surface area contributed by atoms with Gasteiger partial charge < -0.3 is 28.8 Å². The highest BCUT2D eigenvalue weighted by Gasteiger charge is 1.95. The maximum absolute atomic E-state index is 8.48. The second kappa shape index (κ2) is 16.8. The molecule has 0 heterocycles. The van der Waals surface area contributed by atoms with Crippen LogP contribution < -0.4 is 0 Å². The molecule has 0 aromatic carbocycles. The highest BCUT2D eigenvalue weighted by molar-refractivity contribution is 4.40. The summed E-state index contributed by atoms with van der Waals surface area (Å²) in [5, 5.41) is 8.48. The van der Waals surface area contributed by atoms with Gasteiger partial charge in [0.2, 0.25) is 0 Å². The van der Waals surface area contributed by atoms with Gasteiger partial charge in [-0.3, -0.25) is 0 Å². The molecule has 0 radical (unpaired) electrons. The fourth-order valence-electron chi connectivity index (χ4n) is 1.26. The van der Waals surface area contributed by atoms with Gasteiger partial charge >= 0.3 is 0 Å². The van der Waals surface area contributed by atoms with Gasteiger partial charge in [0.05, 0.1) is 66.1 Å². The minimum absolute atomic E-state index is 0.0472. The van der Waals surface area contributed by atoms with Crippen LogP contribution in [0.1, 0.15) is 13.8 Å². The van der Waals surface area contributed by atoms with Crippen LogP contribution in [0.25, 0.3) is 0 Å². The molecule has 20 heavy (non-hydrogen) atoms. The average molecular weight is 294 g/mol. The number of hydrogen-bond donors (Lipinski definition) is 1. The highest BCUT2D eigenvalue weighted by Crippen LogP contribution is 1.91. The van der Waals surface area contributed by atoms with Crippen LogP contribution in [0, 0.1) is 5.92 Å². The maximum Gasteiger partial charge on any atom is 0.0701 e. The largest absolute Gasteiger partial charge is 0.394 e. The van der Waals surface area contributed by atoms with E-state index in [-0.39, 0.29) is 6.61 Å². The summed E-state index contributed by atoms with van der Waals surface area (Å²) in [7, 11) is 0.